The number of hydrogen-bond acceptors (Lipinski definition) is 3. The molecule has 1 saturated heterocycles. The van der Waals surface area contributed by atoms with Crippen molar-refractivity contribution in [2.24, 2.45) is 0 Å². The SMILES string of the molecule is CC(OCc1ccccc1)C(=O)N1CCNC(=O)CC1. The van der Waals surface area contributed by atoms with Crippen LogP contribution in [0.3, 0.4) is 0 Å². The first-order valence-electron chi connectivity index (χ1n) is 6.88. The summed E-state index contributed by atoms with van der Waals surface area (Å²) in [7, 11) is 0. The van der Waals surface area contributed by atoms with Gasteiger partial charge in [0.2, 0.25) is 5.91 Å². The second-order valence-electron chi connectivity index (χ2n) is 4.86. The van der Waals surface area contributed by atoms with E-state index in [1.54, 1.807) is 11.8 Å². The van der Waals surface area contributed by atoms with Crippen molar-refractivity contribution in [2.45, 2.75) is 26.1 Å². The van der Waals surface area contributed by atoms with E-state index in [0.29, 0.717) is 32.7 Å². The molecule has 0 aromatic heterocycles. The second-order valence-corrected chi connectivity index (χ2v) is 4.86. The lowest BCUT2D eigenvalue weighted by atomic mass is 10.2. The Bertz CT molecular complexity index is 461. The summed E-state index contributed by atoms with van der Waals surface area (Å²) in [5, 5.41) is 2.75. The highest BCUT2D eigenvalue weighted by molar-refractivity contribution is 5.82. The monoisotopic (exact) mass is 276 g/mol. The first kappa shape index (κ1) is 14.5. The molecule has 0 spiro atoms. The topological polar surface area (TPSA) is 58.6 Å². The molecule has 20 heavy (non-hydrogen) atoms. The van der Waals surface area contributed by atoms with E-state index in [4.69, 9.17) is 4.74 Å². The molecule has 0 saturated carbocycles. The van der Waals surface area contributed by atoms with E-state index in [1.807, 2.05) is 30.3 Å². The van der Waals surface area contributed by atoms with E-state index in [2.05, 4.69) is 5.32 Å². The summed E-state index contributed by atoms with van der Waals surface area (Å²) in [6, 6.07) is 9.76. The predicted octanol–water partition coefficient (Wildman–Crippen LogP) is 0.940. The third-order valence-corrected chi connectivity index (χ3v) is 3.31. The average Bonchev–Trinajstić information content (AvgIpc) is 2.70. The molecule has 2 amide bonds. The Morgan fingerprint density at radius 3 is 2.85 bits per heavy atom. The number of carbonyl (C=O) groups excluding carboxylic acids is 2. The molecule has 5 nitrogen and oxygen atoms in total. The van der Waals surface area contributed by atoms with Crippen LogP contribution in [-0.4, -0.2) is 42.5 Å². The number of rotatable bonds is 4. The maximum absolute atomic E-state index is 12.2. The lowest BCUT2D eigenvalue weighted by Crippen LogP contribution is -2.41. The van der Waals surface area contributed by atoms with E-state index in [1.165, 1.54) is 0 Å². The number of nitrogens with zero attached hydrogens (tertiary/aromatic N) is 1. The van der Waals surface area contributed by atoms with Crippen molar-refractivity contribution in [2.75, 3.05) is 19.6 Å². The molecule has 1 unspecified atom stereocenters. The minimum Gasteiger partial charge on any atom is -0.364 e. The number of ether oxygens (including phenoxy) is 1. The van der Waals surface area contributed by atoms with Crippen molar-refractivity contribution in [3.8, 4) is 0 Å². The highest BCUT2D eigenvalue weighted by Gasteiger charge is 2.23. The highest BCUT2D eigenvalue weighted by atomic mass is 16.5. The Kier molecular flexibility index (Phi) is 5.12. The largest absolute Gasteiger partial charge is 0.364 e. The minimum atomic E-state index is -0.497. The Labute approximate surface area is 118 Å². The van der Waals surface area contributed by atoms with Gasteiger partial charge in [-0.1, -0.05) is 30.3 Å². The van der Waals surface area contributed by atoms with Gasteiger partial charge in [-0.25, -0.2) is 0 Å². The van der Waals surface area contributed by atoms with Crippen molar-refractivity contribution >= 4 is 11.8 Å². The summed E-state index contributed by atoms with van der Waals surface area (Å²) in [4.78, 5) is 25.2. The predicted molar refractivity (Wildman–Crippen MR) is 74.9 cm³/mol. The number of carbonyl (C=O) groups is 2. The van der Waals surface area contributed by atoms with Gasteiger partial charge >= 0.3 is 0 Å². The van der Waals surface area contributed by atoms with E-state index in [-0.39, 0.29) is 11.8 Å². The van der Waals surface area contributed by atoms with Crippen molar-refractivity contribution in [3.05, 3.63) is 35.9 Å². The Hall–Kier alpha value is -1.88. The van der Waals surface area contributed by atoms with Gasteiger partial charge < -0.3 is 15.0 Å². The van der Waals surface area contributed by atoms with Crippen LogP contribution < -0.4 is 5.32 Å². The van der Waals surface area contributed by atoms with Crippen LogP contribution in [0.4, 0.5) is 0 Å². The highest BCUT2D eigenvalue weighted by Crippen LogP contribution is 2.07. The van der Waals surface area contributed by atoms with Crippen molar-refractivity contribution in [1.82, 2.24) is 10.2 Å². The summed E-state index contributed by atoms with van der Waals surface area (Å²) in [6.45, 7) is 3.69. The smallest absolute Gasteiger partial charge is 0.251 e. The summed E-state index contributed by atoms with van der Waals surface area (Å²) in [5.41, 5.74) is 1.04. The van der Waals surface area contributed by atoms with Gasteiger partial charge in [0.15, 0.2) is 0 Å². The van der Waals surface area contributed by atoms with Gasteiger partial charge in [-0.05, 0) is 12.5 Å². The van der Waals surface area contributed by atoms with Crippen molar-refractivity contribution < 1.29 is 14.3 Å². The van der Waals surface area contributed by atoms with Crippen LogP contribution in [0.25, 0.3) is 0 Å². The average molecular weight is 276 g/mol. The second kappa shape index (κ2) is 7.05. The Morgan fingerprint density at radius 2 is 2.10 bits per heavy atom. The molecular weight excluding hydrogens is 256 g/mol. The molecule has 1 aromatic rings. The third kappa shape index (κ3) is 4.06. The Balaban J connectivity index is 1.83. The zero-order valence-corrected chi connectivity index (χ0v) is 11.7. The minimum absolute atomic E-state index is 0.00171. The fourth-order valence-corrected chi connectivity index (χ4v) is 2.11. The zero-order chi connectivity index (χ0) is 14.4. The van der Waals surface area contributed by atoms with Crippen LogP contribution >= 0.6 is 0 Å². The summed E-state index contributed by atoms with van der Waals surface area (Å²) >= 11 is 0. The molecule has 1 atom stereocenters. The van der Waals surface area contributed by atoms with Crippen LogP contribution in [0.2, 0.25) is 0 Å². The fraction of sp³-hybridized carbons (Fsp3) is 0.467. The van der Waals surface area contributed by atoms with Gasteiger partial charge in [-0.15, -0.1) is 0 Å². The van der Waals surface area contributed by atoms with Crippen LogP contribution in [0, 0.1) is 0 Å². The molecule has 1 aliphatic heterocycles. The molecule has 0 bridgehead atoms. The molecule has 1 aliphatic rings. The summed E-state index contributed by atoms with van der Waals surface area (Å²) in [5.74, 6) is -0.0596. The molecule has 1 aromatic carbocycles. The number of amides is 2. The van der Waals surface area contributed by atoms with E-state index in [9.17, 15) is 9.59 Å². The molecule has 1 N–H and O–H groups in total. The van der Waals surface area contributed by atoms with Gasteiger partial charge in [0.1, 0.15) is 6.10 Å². The van der Waals surface area contributed by atoms with Crippen molar-refractivity contribution in [3.63, 3.8) is 0 Å². The maximum Gasteiger partial charge on any atom is 0.251 e. The number of hydrogen-bond donors (Lipinski definition) is 1. The van der Waals surface area contributed by atoms with Crippen LogP contribution in [-0.2, 0) is 20.9 Å². The van der Waals surface area contributed by atoms with Crippen LogP contribution in [0.5, 0.6) is 0 Å². The normalized spacial score (nSPS) is 17.2. The molecule has 108 valence electrons. The summed E-state index contributed by atoms with van der Waals surface area (Å²) in [6.07, 6.45) is -0.139. The molecule has 2 rings (SSSR count). The van der Waals surface area contributed by atoms with Gasteiger partial charge in [0, 0.05) is 26.1 Å². The van der Waals surface area contributed by atoms with Crippen LogP contribution in [0.15, 0.2) is 30.3 Å². The van der Waals surface area contributed by atoms with E-state index in [0.717, 1.165) is 5.56 Å². The molecule has 1 fully saturated rings. The van der Waals surface area contributed by atoms with Gasteiger partial charge in [-0.2, -0.15) is 0 Å². The van der Waals surface area contributed by atoms with Gasteiger partial charge in [0.25, 0.3) is 5.91 Å². The van der Waals surface area contributed by atoms with E-state index < -0.39 is 6.10 Å². The molecule has 0 radical (unpaired) electrons. The fourth-order valence-electron chi connectivity index (χ4n) is 2.11. The quantitative estimate of drug-likeness (QED) is 0.890. The first-order chi connectivity index (χ1) is 9.66. The van der Waals surface area contributed by atoms with Crippen LogP contribution in [0.1, 0.15) is 18.9 Å². The van der Waals surface area contributed by atoms with Crippen molar-refractivity contribution in [1.29, 1.82) is 0 Å². The molecular formula is C15H20N2O3. The maximum atomic E-state index is 12.2. The number of benzene rings is 1. The zero-order valence-electron chi connectivity index (χ0n) is 11.7. The third-order valence-electron chi connectivity index (χ3n) is 3.31. The lowest BCUT2D eigenvalue weighted by molar-refractivity contribution is -0.143. The van der Waals surface area contributed by atoms with E-state index >= 15 is 0 Å². The Morgan fingerprint density at radius 1 is 1.35 bits per heavy atom. The molecule has 0 aliphatic carbocycles. The molecule has 5 heteroatoms. The standard InChI is InChI=1S/C15H20N2O3/c1-12(20-11-13-5-3-2-4-6-13)15(19)17-9-7-14(18)16-8-10-17/h2-6,12H,7-11H2,1H3,(H,16,18). The first-order valence-corrected chi connectivity index (χ1v) is 6.88. The summed E-state index contributed by atoms with van der Waals surface area (Å²) < 4.78 is 5.61. The van der Waals surface area contributed by atoms with Gasteiger partial charge in [-0.3, -0.25) is 9.59 Å². The molecule has 1 heterocycles. The van der Waals surface area contributed by atoms with Gasteiger partial charge in [0.05, 0.1) is 6.61 Å². The lowest BCUT2D eigenvalue weighted by Gasteiger charge is -2.23. The number of nitrogens with one attached hydrogen (secondary N) is 1.